The van der Waals surface area contributed by atoms with Gasteiger partial charge in [0.05, 0.1) is 6.10 Å². The third-order valence-corrected chi connectivity index (χ3v) is 4.25. The van der Waals surface area contributed by atoms with Gasteiger partial charge in [0.15, 0.2) is 0 Å². The lowest BCUT2D eigenvalue weighted by Crippen LogP contribution is -2.29. The Labute approximate surface area is 130 Å². The van der Waals surface area contributed by atoms with Crippen LogP contribution in [0.2, 0.25) is 0 Å². The van der Waals surface area contributed by atoms with E-state index in [0.29, 0.717) is 17.9 Å². The lowest BCUT2D eigenvalue weighted by atomic mass is 9.92. The SMILES string of the molecule is Cc1ccc(CC(CNCC(C)C)CC2CCCO2)cc1. The molecule has 1 aromatic rings. The molecule has 1 N–H and O–H groups in total. The van der Waals surface area contributed by atoms with E-state index in [9.17, 15) is 0 Å². The van der Waals surface area contributed by atoms with Crippen LogP contribution in [0.4, 0.5) is 0 Å². The molecule has 1 aromatic carbocycles. The molecule has 2 heteroatoms. The molecule has 2 nitrogen and oxygen atoms in total. The summed E-state index contributed by atoms with van der Waals surface area (Å²) in [5, 5.41) is 3.63. The van der Waals surface area contributed by atoms with Gasteiger partial charge < -0.3 is 10.1 Å². The van der Waals surface area contributed by atoms with Crippen LogP contribution in [0.25, 0.3) is 0 Å². The highest BCUT2D eigenvalue weighted by molar-refractivity contribution is 5.21. The molecule has 0 aromatic heterocycles. The van der Waals surface area contributed by atoms with E-state index in [-0.39, 0.29) is 0 Å². The standard InChI is InChI=1S/C19H31NO/c1-15(2)13-20-14-18(12-19-5-4-10-21-19)11-17-8-6-16(3)7-9-17/h6-9,15,18-20H,4-5,10-14H2,1-3H3. The molecule has 0 amide bonds. The number of nitrogens with one attached hydrogen (secondary N) is 1. The Kier molecular flexibility index (Phi) is 6.72. The van der Waals surface area contributed by atoms with Crippen LogP contribution in [0, 0.1) is 18.8 Å². The zero-order valence-electron chi connectivity index (χ0n) is 13.9. The first-order valence-corrected chi connectivity index (χ1v) is 8.51. The molecule has 2 atom stereocenters. The van der Waals surface area contributed by atoms with Crippen molar-refractivity contribution in [2.24, 2.45) is 11.8 Å². The first-order valence-electron chi connectivity index (χ1n) is 8.51. The molecule has 2 unspecified atom stereocenters. The number of aryl methyl sites for hydroxylation is 1. The highest BCUT2D eigenvalue weighted by Gasteiger charge is 2.21. The molecule has 0 spiro atoms. The first kappa shape index (κ1) is 16.5. The van der Waals surface area contributed by atoms with E-state index in [1.165, 1.54) is 30.4 Å². The Morgan fingerprint density at radius 3 is 2.57 bits per heavy atom. The lowest BCUT2D eigenvalue weighted by molar-refractivity contribution is 0.0891. The van der Waals surface area contributed by atoms with Gasteiger partial charge in [-0.05, 0) is 63.1 Å². The van der Waals surface area contributed by atoms with Crippen LogP contribution in [0.1, 0.15) is 44.2 Å². The summed E-state index contributed by atoms with van der Waals surface area (Å²) in [6, 6.07) is 9.00. The topological polar surface area (TPSA) is 21.3 Å². The van der Waals surface area contributed by atoms with Crippen LogP contribution < -0.4 is 5.32 Å². The summed E-state index contributed by atoms with van der Waals surface area (Å²) in [5.41, 5.74) is 2.79. The highest BCUT2D eigenvalue weighted by atomic mass is 16.5. The molecule has 1 fully saturated rings. The predicted octanol–water partition coefficient (Wildman–Crippen LogP) is 3.97. The van der Waals surface area contributed by atoms with Gasteiger partial charge >= 0.3 is 0 Å². The average molecular weight is 289 g/mol. The van der Waals surface area contributed by atoms with Gasteiger partial charge in [0, 0.05) is 6.61 Å². The molecule has 2 rings (SSSR count). The van der Waals surface area contributed by atoms with Crippen molar-refractivity contribution in [2.45, 2.75) is 52.6 Å². The Balaban J connectivity index is 1.88. The van der Waals surface area contributed by atoms with Crippen molar-refractivity contribution in [3.8, 4) is 0 Å². The molecule has 1 saturated heterocycles. The largest absolute Gasteiger partial charge is 0.378 e. The monoisotopic (exact) mass is 289 g/mol. The van der Waals surface area contributed by atoms with E-state index in [1.54, 1.807) is 0 Å². The molecular weight excluding hydrogens is 258 g/mol. The van der Waals surface area contributed by atoms with Crippen LogP contribution in [-0.2, 0) is 11.2 Å². The molecule has 0 saturated carbocycles. The molecule has 1 aliphatic rings. The van der Waals surface area contributed by atoms with Crippen LogP contribution in [0.5, 0.6) is 0 Å². The van der Waals surface area contributed by atoms with Crippen LogP contribution in [-0.4, -0.2) is 25.8 Å². The smallest absolute Gasteiger partial charge is 0.0579 e. The maximum Gasteiger partial charge on any atom is 0.0579 e. The van der Waals surface area contributed by atoms with Gasteiger partial charge in [0.1, 0.15) is 0 Å². The maximum absolute atomic E-state index is 5.84. The summed E-state index contributed by atoms with van der Waals surface area (Å²) in [7, 11) is 0. The Bertz CT molecular complexity index is 393. The number of benzene rings is 1. The second-order valence-electron chi connectivity index (χ2n) is 6.98. The van der Waals surface area contributed by atoms with E-state index in [2.05, 4.69) is 50.4 Å². The molecule has 1 heterocycles. The molecule has 0 bridgehead atoms. The normalized spacial score (nSPS) is 20.1. The van der Waals surface area contributed by atoms with Crippen LogP contribution in [0.15, 0.2) is 24.3 Å². The van der Waals surface area contributed by atoms with Crippen LogP contribution in [0.3, 0.4) is 0 Å². The summed E-state index contributed by atoms with van der Waals surface area (Å²) < 4.78 is 5.84. The summed E-state index contributed by atoms with van der Waals surface area (Å²) in [6.07, 6.45) is 5.32. The van der Waals surface area contributed by atoms with E-state index < -0.39 is 0 Å². The fourth-order valence-corrected chi connectivity index (χ4v) is 3.07. The molecule has 0 radical (unpaired) electrons. The number of hydrogen-bond donors (Lipinski definition) is 1. The Morgan fingerprint density at radius 1 is 1.19 bits per heavy atom. The molecule has 118 valence electrons. The zero-order valence-corrected chi connectivity index (χ0v) is 13.9. The quantitative estimate of drug-likeness (QED) is 0.782. The van der Waals surface area contributed by atoms with Crippen molar-refractivity contribution in [1.82, 2.24) is 5.32 Å². The maximum atomic E-state index is 5.84. The van der Waals surface area contributed by atoms with Gasteiger partial charge in [-0.3, -0.25) is 0 Å². The first-order chi connectivity index (χ1) is 10.1. The van der Waals surface area contributed by atoms with Gasteiger partial charge in [-0.15, -0.1) is 0 Å². The number of ether oxygens (including phenoxy) is 1. The van der Waals surface area contributed by atoms with E-state index in [1.807, 2.05) is 0 Å². The fraction of sp³-hybridized carbons (Fsp3) is 0.684. The molecule has 21 heavy (non-hydrogen) atoms. The summed E-state index contributed by atoms with van der Waals surface area (Å²) >= 11 is 0. The summed E-state index contributed by atoms with van der Waals surface area (Å²) in [6.45, 7) is 9.85. The van der Waals surface area contributed by atoms with Crippen molar-refractivity contribution in [3.05, 3.63) is 35.4 Å². The van der Waals surface area contributed by atoms with Gasteiger partial charge in [0.2, 0.25) is 0 Å². The van der Waals surface area contributed by atoms with Crippen molar-refractivity contribution in [3.63, 3.8) is 0 Å². The minimum absolute atomic E-state index is 0.487. The zero-order chi connectivity index (χ0) is 15.1. The van der Waals surface area contributed by atoms with Gasteiger partial charge in [-0.1, -0.05) is 43.7 Å². The minimum Gasteiger partial charge on any atom is -0.378 e. The van der Waals surface area contributed by atoms with Crippen molar-refractivity contribution in [1.29, 1.82) is 0 Å². The number of rotatable bonds is 8. The lowest BCUT2D eigenvalue weighted by Gasteiger charge is -2.22. The Hall–Kier alpha value is -0.860. The summed E-state index contributed by atoms with van der Waals surface area (Å²) in [5.74, 6) is 1.39. The second-order valence-corrected chi connectivity index (χ2v) is 6.98. The third kappa shape index (κ3) is 6.19. The minimum atomic E-state index is 0.487. The summed E-state index contributed by atoms with van der Waals surface area (Å²) in [4.78, 5) is 0. The van der Waals surface area contributed by atoms with Crippen LogP contribution >= 0.6 is 0 Å². The average Bonchev–Trinajstić information content (AvgIpc) is 2.94. The molecular formula is C19H31NO. The molecule has 0 aliphatic carbocycles. The molecule has 1 aliphatic heterocycles. The van der Waals surface area contributed by atoms with Gasteiger partial charge in [-0.2, -0.15) is 0 Å². The fourth-order valence-electron chi connectivity index (χ4n) is 3.07. The van der Waals surface area contributed by atoms with Crippen molar-refractivity contribution >= 4 is 0 Å². The van der Waals surface area contributed by atoms with Gasteiger partial charge in [-0.25, -0.2) is 0 Å². The third-order valence-electron chi connectivity index (χ3n) is 4.25. The van der Waals surface area contributed by atoms with Crippen molar-refractivity contribution < 1.29 is 4.74 Å². The van der Waals surface area contributed by atoms with Gasteiger partial charge in [0.25, 0.3) is 0 Å². The Morgan fingerprint density at radius 2 is 1.95 bits per heavy atom. The van der Waals surface area contributed by atoms with E-state index >= 15 is 0 Å². The number of hydrogen-bond acceptors (Lipinski definition) is 2. The second kappa shape index (κ2) is 8.55. The van der Waals surface area contributed by atoms with E-state index in [4.69, 9.17) is 4.74 Å². The van der Waals surface area contributed by atoms with E-state index in [0.717, 1.165) is 26.1 Å². The highest BCUT2D eigenvalue weighted by Crippen LogP contribution is 2.22. The predicted molar refractivity (Wildman–Crippen MR) is 89.7 cm³/mol. The van der Waals surface area contributed by atoms with Crippen molar-refractivity contribution in [2.75, 3.05) is 19.7 Å².